The molecule has 1 aliphatic rings. The van der Waals surface area contributed by atoms with Gasteiger partial charge in [-0.2, -0.15) is 0 Å². The molecule has 0 amide bonds. The zero-order chi connectivity index (χ0) is 42.1. The Morgan fingerprint density at radius 2 is 1.34 bits per heavy atom. The zero-order valence-electron chi connectivity index (χ0n) is 35.4. The van der Waals surface area contributed by atoms with Crippen LogP contribution in [0.25, 0.3) is 49.9 Å². The normalized spacial score (nSPS) is 12.7. The first-order valence-corrected chi connectivity index (χ1v) is 21.1. The average molecular weight is 806 g/mol. The van der Waals surface area contributed by atoms with Crippen molar-refractivity contribution in [3.63, 3.8) is 0 Å². The van der Waals surface area contributed by atoms with Gasteiger partial charge in [-0.25, -0.2) is 4.98 Å². The molecule has 62 heavy (non-hydrogen) atoms. The van der Waals surface area contributed by atoms with Crippen LogP contribution in [0.1, 0.15) is 37.5 Å². The van der Waals surface area contributed by atoms with Crippen molar-refractivity contribution in [2.24, 2.45) is 0 Å². The van der Waals surface area contributed by atoms with Crippen LogP contribution in [0.2, 0.25) is 0 Å². The lowest BCUT2D eigenvalue weighted by molar-refractivity contribution is -0.571. The lowest BCUT2D eigenvalue weighted by atomic mass is 9.67. The Morgan fingerprint density at radius 1 is 0.645 bits per heavy atom. The molecule has 0 atom stereocenters. The number of hydrogen-bond donors (Lipinski definition) is 0. The molecule has 300 valence electrons. The van der Waals surface area contributed by atoms with Crippen LogP contribution in [0.4, 0.5) is 11.5 Å². The summed E-state index contributed by atoms with van der Waals surface area (Å²) in [5.74, 6) is 3.00. The number of nitrogens with zero attached hydrogens (tertiary/aromatic N) is 5. The van der Waals surface area contributed by atoms with Crippen molar-refractivity contribution < 1.29 is 14.0 Å². The minimum atomic E-state index is -0.392. The van der Waals surface area contributed by atoms with Crippen LogP contribution in [0.5, 0.6) is 17.2 Å². The van der Waals surface area contributed by atoms with E-state index in [1.54, 1.807) is 0 Å². The Balaban J connectivity index is 0.995. The molecule has 0 bridgehead atoms. The Hall–Kier alpha value is -7.58. The molecule has 4 heterocycles. The van der Waals surface area contributed by atoms with E-state index < -0.39 is 7.05 Å². The number of para-hydroxylation sites is 5. The van der Waals surface area contributed by atoms with Crippen molar-refractivity contribution in [3.8, 4) is 34.3 Å². The van der Waals surface area contributed by atoms with Gasteiger partial charge in [0.2, 0.25) is 0 Å². The minimum Gasteiger partial charge on any atom is -0.536 e. The molecule has 7 aromatic carbocycles. The van der Waals surface area contributed by atoms with Crippen molar-refractivity contribution in [1.82, 2.24) is 14.1 Å². The molecule has 10 aromatic rings. The van der Waals surface area contributed by atoms with Crippen LogP contribution >= 0.6 is 0 Å². The van der Waals surface area contributed by atoms with E-state index in [1.807, 2.05) is 30.5 Å². The number of aryl methyl sites for hydroxylation is 2. The third-order valence-corrected chi connectivity index (χ3v) is 12.1. The summed E-state index contributed by atoms with van der Waals surface area (Å²) in [4.78, 5) is 7.13. The van der Waals surface area contributed by atoms with E-state index in [9.17, 15) is 0 Å². The van der Waals surface area contributed by atoms with Crippen molar-refractivity contribution in [3.05, 3.63) is 199 Å². The Bertz CT molecular complexity index is 3330. The Morgan fingerprint density at radius 3 is 2.16 bits per heavy atom. The number of hydrogen-bond acceptors (Lipinski definition) is 4. The molecule has 0 saturated heterocycles. The van der Waals surface area contributed by atoms with Crippen LogP contribution < -0.4 is 24.2 Å². The summed E-state index contributed by atoms with van der Waals surface area (Å²) in [5, 5.41) is 2.39. The first-order chi connectivity index (χ1) is 30.2. The number of benzene rings is 7. The number of rotatable bonds is 7. The van der Waals surface area contributed by atoms with Crippen LogP contribution in [0.15, 0.2) is 176 Å². The fraction of sp³-hybridized carbons (Fsp3) is 0.111. The van der Waals surface area contributed by atoms with E-state index in [-0.39, 0.29) is 5.41 Å². The summed E-state index contributed by atoms with van der Waals surface area (Å²) >= 11 is 0. The molecule has 0 spiro atoms. The van der Waals surface area contributed by atoms with E-state index in [0.717, 1.165) is 61.8 Å². The Labute approximate surface area is 361 Å². The summed E-state index contributed by atoms with van der Waals surface area (Å²) in [6, 6.07) is 59.2. The van der Waals surface area contributed by atoms with Gasteiger partial charge in [0.05, 0.1) is 39.1 Å². The van der Waals surface area contributed by atoms with Crippen LogP contribution in [0, 0.1) is 20.2 Å². The van der Waals surface area contributed by atoms with E-state index >= 15 is 0 Å². The first kappa shape index (κ1) is 37.4. The summed E-state index contributed by atoms with van der Waals surface area (Å²) in [6.45, 7) is 11.0. The monoisotopic (exact) mass is 805 g/mol. The Kier molecular flexibility index (Phi) is 8.79. The van der Waals surface area contributed by atoms with E-state index in [0.29, 0.717) is 11.5 Å². The summed E-state index contributed by atoms with van der Waals surface area (Å²) < 4.78 is 20.2. The zero-order valence-corrected chi connectivity index (χ0v) is 35.4. The van der Waals surface area contributed by atoms with Gasteiger partial charge in [0.1, 0.15) is 23.1 Å². The highest BCUT2D eigenvalue weighted by atomic mass is 16.5. The molecule has 0 saturated carbocycles. The van der Waals surface area contributed by atoms with Crippen LogP contribution in [-0.4, -0.2) is 21.2 Å². The van der Waals surface area contributed by atoms with Gasteiger partial charge in [-0.3, -0.25) is 9.13 Å². The molecule has 0 unspecified atom stereocenters. The SMILES string of the molecule is Cc1cccc(C)c1B1Oc2ccc(Oc3cccc(-n4[c-][n+](-c5cccc6c7ccccc7n(-c7ccccc7)c56)c5ccccc54)c3)cc2N1c1cc(C(C)(C)C)ccn1. The highest BCUT2D eigenvalue weighted by molar-refractivity contribution is 6.75. The molecule has 0 aliphatic carbocycles. The number of pyridine rings is 1. The summed E-state index contributed by atoms with van der Waals surface area (Å²) in [5.41, 5.74) is 12.9. The second-order valence-electron chi connectivity index (χ2n) is 17.1. The van der Waals surface area contributed by atoms with Gasteiger partial charge in [0.25, 0.3) is 6.33 Å². The second kappa shape index (κ2) is 14.6. The molecular formula is C54H44BN5O2. The number of fused-ring (bicyclic) bond motifs is 5. The van der Waals surface area contributed by atoms with Crippen molar-refractivity contribution in [2.45, 2.75) is 40.0 Å². The number of imidazole rings is 1. The van der Waals surface area contributed by atoms with Gasteiger partial charge in [0, 0.05) is 28.7 Å². The predicted molar refractivity (Wildman–Crippen MR) is 252 cm³/mol. The predicted octanol–water partition coefficient (Wildman–Crippen LogP) is 11.8. The first-order valence-electron chi connectivity index (χ1n) is 21.1. The van der Waals surface area contributed by atoms with E-state index in [2.05, 4.69) is 205 Å². The molecule has 1 aliphatic heterocycles. The van der Waals surface area contributed by atoms with Crippen LogP contribution in [0.3, 0.4) is 0 Å². The summed E-state index contributed by atoms with van der Waals surface area (Å²) in [6.07, 6.45) is 5.66. The third-order valence-electron chi connectivity index (χ3n) is 12.1. The van der Waals surface area contributed by atoms with E-state index in [4.69, 9.17) is 14.4 Å². The molecule has 0 fully saturated rings. The standard InChI is InChI=1S/C54H44BN5O2/c1-36-16-13-17-37(2)52(36)55-60(51-32-38(30-31-56-51)54(3,4)5)49-34-42(28-29-50(49)62-55)61-41-21-14-20-40(33-41)57-35-58(47-26-12-11-25-46(47)57)48-27-15-23-44-43-22-9-10-24-45(43)59(53(44)48)39-18-7-6-8-19-39/h6-34H,1-5H3. The molecule has 7 nitrogen and oxygen atoms in total. The summed E-state index contributed by atoms with van der Waals surface area (Å²) in [7, 11) is -0.392. The van der Waals surface area contributed by atoms with Crippen molar-refractivity contribution >= 4 is 56.9 Å². The van der Waals surface area contributed by atoms with Gasteiger partial charge in [-0.05, 0) is 97.0 Å². The third kappa shape index (κ3) is 6.21. The maximum atomic E-state index is 6.80. The van der Waals surface area contributed by atoms with Gasteiger partial charge in [-0.1, -0.05) is 129 Å². The highest BCUT2D eigenvalue weighted by Gasteiger charge is 2.42. The van der Waals surface area contributed by atoms with Crippen LogP contribution in [-0.2, 0) is 5.41 Å². The topological polar surface area (TPSA) is 48.3 Å². The van der Waals surface area contributed by atoms with Crippen molar-refractivity contribution in [2.75, 3.05) is 4.81 Å². The second-order valence-corrected chi connectivity index (χ2v) is 17.1. The fourth-order valence-electron chi connectivity index (χ4n) is 9.09. The largest absolute Gasteiger partial charge is 0.536 e. The van der Waals surface area contributed by atoms with E-state index in [1.165, 1.54) is 27.5 Å². The quantitative estimate of drug-likeness (QED) is 0.0914. The molecular weight excluding hydrogens is 761 g/mol. The minimum absolute atomic E-state index is 0.0532. The van der Waals surface area contributed by atoms with Gasteiger partial charge in [-0.15, -0.1) is 0 Å². The molecule has 3 aromatic heterocycles. The number of anilines is 2. The van der Waals surface area contributed by atoms with Gasteiger partial charge in [0.15, 0.2) is 0 Å². The molecule has 11 rings (SSSR count). The fourth-order valence-corrected chi connectivity index (χ4v) is 9.09. The van der Waals surface area contributed by atoms with Gasteiger partial charge < -0.3 is 18.8 Å². The van der Waals surface area contributed by atoms with Crippen molar-refractivity contribution in [1.29, 1.82) is 0 Å². The number of aromatic nitrogens is 4. The highest BCUT2D eigenvalue weighted by Crippen LogP contribution is 2.44. The maximum Gasteiger partial charge on any atom is 0.526 e. The molecule has 0 radical (unpaired) electrons. The number of ether oxygens (including phenoxy) is 1. The maximum absolute atomic E-state index is 6.80. The molecule has 8 heteroatoms. The lowest BCUT2D eigenvalue weighted by Gasteiger charge is -2.26. The smallest absolute Gasteiger partial charge is 0.526 e. The molecule has 0 N–H and O–H groups in total. The lowest BCUT2D eigenvalue weighted by Crippen LogP contribution is -2.49. The average Bonchev–Trinajstić information content (AvgIpc) is 3.97. The van der Waals surface area contributed by atoms with Gasteiger partial charge >= 0.3 is 7.05 Å².